The van der Waals surface area contributed by atoms with Gasteiger partial charge in [0.05, 0.1) is 31.3 Å². The molecule has 5 rings (SSSR count). The highest BCUT2D eigenvalue weighted by atomic mass is 16.5. The zero-order valence-electron chi connectivity index (χ0n) is 24.8. The van der Waals surface area contributed by atoms with Crippen LogP contribution in [0.2, 0.25) is 0 Å². The minimum atomic E-state index is -0.179. The first kappa shape index (κ1) is 30.1. The van der Waals surface area contributed by atoms with Crippen LogP contribution in [-0.2, 0) is 22.4 Å². The van der Waals surface area contributed by atoms with Gasteiger partial charge in [-0.1, -0.05) is 42.5 Å². The number of nitrogens with one attached hydrogen (secondary N) is 2. The third-order valence-corrected chi connectivity index (χ3v) is 8.33. The lowest BCUT2D eigenvalue weighted by atomic mass is 9.91. The first-order chi connectivity index (χ1) is 20.9. The van der Waals surface area contributed by atoms with Crippen molar-refractivity contribution >= 4 is 29.1 Å². The van der Waals surface area contributed by atoms with Gasteiger partial charge < -0.3 is 30.9 Å². The summed E-state index contributed by atoms with van der Waals surface area (Å²) in [6, 6.07) is 22.9. The van der Waals surface area contributed by atoms with Crippen molar-refractivity contribution in [3.05, 3.63) is 89.5 Å². The number of rotatable bonds is 9. The van der Waals surface area contributed by atoms with Crippen molar-refractivity contribution in [2.75, 3.05) is 43.5 Å². The maximum Gasteiger partial charge on any atom is 0.251 e. The van der Waals surface area contributed by atoms with E-state index >= 15 is 0 Å². The molecule has 4 N–H and O–H groups in total. The molecule has 2 fully saturated rings. The molecule has 1 aliphatic carbocycles. The number of carbonyl (C=O) groups is 3. The molecular weight excluding hydrogens is 542 g/mol. The molecule has 1 saturated carbocycles. The van der Waals surface area contributed by atoms with Gasteiger partial charge in [-0.2, -0.15) is 0 Å². The van der Waals surface area contributed by atoms with Crippen LogP contribution in [0.25, 0.3) is 0 Å². The van der Waals surface area contributed by atoms with Crippen LogP contribution in [0.3, 0.4) is 0 Å². The molecule has 3 aromatic carbocycles. The Morgan fingerprint density at radius 2 is 1.51 bits per heavy atom. The molecule has 0 bridgehead atoms. The highest BCUT2D eigenvalue weighted by Crippen LogP contribution is 2.29. The Hall–Kier alpha value is -4.37. The van der Waals surface area contributed by atoms with E-state index in [-0.39, 0.29) is 36.2 Å². The molecule has 0 aromatic heterocycles. The van der Waals surface area contributed by atoms with Crippen molar-refractivity contribution in [2.45, 2.75) is 50.6 Å². The fourth-order valence-corrected chi connectivity index (χ4v) is 5.79. The van der Waals surface area contributed by atoms with E-state index in [1.165, 1.54) is 0 Å². The first-order valence-electron chi connectivity index (χ1n) is 15.1. The quantitative estimate of drug-likeness (QED) is 0.353. The van der Waals surface area contributed by atoms with E-state index in [4.69, 9.17) is 10.5 Å². The number of anilines is 2. The Bertz CT molecular complexity index is 1400. The van der Waals surface area contributed by atoms with Crippen LogP contribution in [0.4, 0.5) is 11.4 Å². The number of hydrogen-bond acceptors (Lipinski definition) is 6. The highest BCUT2D eigenvalue weighted by molar-refractivity contribution is 6.00. The Morgan fingerprint density at radius 3 is 2.19 bits per heavy atom. The van der Waals surface area contributed by atoms with Gasteiger partial charge in [-0.3, -0.25) is 14.4 Å². The van der Waals surface area contributed by atoms with E-state index in [1.807, 2.05) is 71.6 Å². The van der Waals surface area contributed by atoms with E-state index < -0.39 is 0 Å². The summed E-state index contributed by atoms with van der Waals surface area (Å²) in [5.41, 5.74) is 9.81. The van der Waals surface area contributed by atoms with Gasteiger partial charge in [-0.25, -0.2) is 0 Å². The summed E-state index contributed by atoms with van der Waals surface area (Å²) in [5.74, 6) is 0.497. The minimum Gasteiger partial charge on any atom is -0.497 e. The molecular formula is C34H41N5O4. The second-order valence-electron chi connectivity index (χ2n) is 11.4. The van der Waals surface area contributed by atoms with E-state index in [1.54, 1.807) is 13.2 Å². The van der Waals surface area contributed by atoms with Crippen molar-refractivity contribution in [1.29, 1.82) is 0 Å². The zero-order chi connectivity index (χ0) is 30.2. The van der Waals surface area contributed by atoms with Crippen LogP contribution >= 0.6 is 0 Å². The third kappa shape index (κ3) is 8.14. The lowest BCUT2D eigenvalue weighted by Crippen LogP contribution is -2.49. The second-order valence-corrected chi connectivity index (χ2v) is 11.4. The molecule has 43 heavy (non-hydrogen) atoms. The molecule has 2 aliphatic rings. The molecule has 9 nitrogen and oxygen atoms in total. The van der Waals surface area contributed by atoms with Crippen molar-refractivity contribution in [3.8, 4) is 5.75 Å². The number of methoxy groups -OCH3 is 1. The van der Waals surface area contributed by atoms with Gasteiger partial charge in [0.1, 0.15) is 5.75 Å². The van der Waals surface area contributed by atoms with Crippen LogP contribution in [0.5, 0.6) is 5.75 Å². The molecule has 1 aliphatic heterocycles. The summed E-state index contributed by atoms with van der Waals surface area (Å²) in [5, 5.41) is 6.21. The van der Waals surface area contributed by atoms with Gasteiger partial charge >= 0.3 is 0 Å². The standard InChI is InChI=1S/C34H41N5O4/c1-43-29-14-7-25(8-15-29)21-32(40)37-30-23-26(34(42)36-28-12-10-27(35)11-13-28)9-16-31(30)38-17-19-39(20-18-38)33(41)22-24-5-3-2-4-6-24/h2-9,14-16,23,27-28H,10-13,17-22,35H2,1H3,(H,36,42)(H,37,40). The Morgan fingerprint density at radius 1 is 0.837 bits per heavy atom. The maximum absolute atomic E-state index is 13.2. The summed E-state index contributed by atoms with van der Waals surface area (Å²) < 4.78 is 5.23. The van der Waals surface area contributed by atoms with Crippen LogP contribution in [0, 0.1) is 0 Å². The maximum atomic E-state index is 13.2. The predicted octanol–water partition coefficient (Wildman–Crippen LogP) is 3.77. The largest absolute Gasteiger partial charge is 0.497 e. The lowest BCUT2D eigenvalue weighted by molar-refractivity contribution is -0.130. The molecule has 1 saturated heterocycles. The van der Waals surface area contributed by atoms with Crippen molar-refractivity contribution < 1.29 is 19.1 Å². The molecule has 9 heteroatoms. The van der Waals surface area contributed by atoms with Gasteiger partial charge in [-0.05, 0) is 67.1 Å². The first-order valence-corrected chi connectivity index (χ1v) is 15.1. The van der Waals surface area contributed by atoms with Crippen LogP contribution < -0.4 is 26.0 Å². The molecule has 1 heterocycles. The number of benzene rings is 3. The summed E-state index contributed by atoms with van der Waals surface area (Å²) >= 11 is 0. The number of piperazine rings is 1. The number of nitrogens with zero attached hydrogens (tertiary/aromatic N) is 2. The predicted molar refractivity (Wildman–Crippen MR) is 168 cm³/mol. The molecule has 0 spiro atoms. The topological polar surface area (TPSA) is 117 Å². The van der Waals surface area contributed by atoms with Crippen LogP contribution in [0.15, 0.2) is 72.8 Å². The van der Waals surface area contributed by atoms with Crippen molar-refractivity contribution in [3.63, 3.8) is 0 Å². The monoisotopic (exact) mass is 583 g/mol. The van der Waals surface area contributed by atoms with E-state index in [0.29, 0.717) is 43.9 Å². The highest BCUT2D eigenvalue weighted by Gasteiger charge is 2.25. The molecule has 3 aromatic rings. The average molecular weight is 584 g/mol. The lowest BCUT2D eigenvalue weighted by Gasteiger charge is -2.37. The Balaban J connectivity index is 1.29. The van der Waals surface area contributed by atoms with Gasteiger partial charge in [0.25, 0.3) is 5.91 Å². The number of nitrogens with two attached hydrogens (primary N) is 1. The van der Waals surface area contributed by atoms with Crippen molar-refractivity contribution in [2.24, 2.45) is 5.73 Å². The van der Waals surface area contributed by atoms with E-state index in [2.05, 4.69) is 15.5 Å². The average Bonchev–Trinajstić information content (AvgIpc) is 3.03. The zero-order valence-corrected chi connectivity index (χ0v) is 24.8. The molecule has 226 valence electrons. The Labute approximate surface area is 253 Å². The fraction of sp³-hybridized carbons (Fsp3) is 0.382. The van der Waals surface area contributed by atoms with E-state index in [9.17, 15) is 14.4 Å². The van der Waals surface area contributed by atoms with Gasteiger partial charge in [-0.15, -0.1) is 0 Å². The molecule has 0 radical (unpaired) electrons. The molecule has 0 unspecified atom stereocenters. The SMILES string of the molecule is COc1ccc(CC(=O)Nc2cc(C(=O)NC3CCC(N)CC3)ccc2N2CCN(C(=O)Cc3ccccc3)CC2)cc1. The van der Waals surface area contributed by atoms with Gasteiger partial charge in [0.15, 0.2) is 0 Å². The minimum absolute atomic E-state index is 0.0987. The second kappa shape index (κ2) is 14.2. The van der Waals surface area contributed by atoms with Crippen LogP contribution in [0.1, 0.15) is 47.2 Å². The smallest absolute Gasteiger partial charge is 0.251 e. The van der Waals surface area contributed by atoms with Gasteiger partial charge in [0, 0.05) is 43.8 Å². The normalized spacial score (nSPS) is 18.6. The van der Waals surface area contributed by atoms with Crippen LogP contribution in [-0.4, -0.2) is 68.0 Å². The summed E-state index contributed by atoms with van der Waals surface area (Å²) in [6.45, 7) is 2.40. The van der Waals surface area contributed by atoms with Crippen molar-refractivity contribution in [1.82, 2.24) is 10.2 Å². The van der Waals surface area contributed by atoms with E-state index in [0.717, 1.165) is 48.2 Å². The number of hydrogen-bond donors (Lipinski definition) is 3. The number of carbonyl (C=O) groups excluding carboxylic acids is 3. The molecule has 0 atom stereocenters. The summed E-state index contributed by atoms with van der Waals surface area (Å²) in [4.78, 5) is 43.4. The Kier molecular flexibility index (Phi) is 9.94. The third-order valence-electron chi connectivity index (χ3n) is 8.33. The number of ether oxygens (including phenoxy) is 1. The number of amides is 3. The fourth-order valence-electron chi connectivity index (χ4n) is 5.79. The summed E-state index contributed by atoms with van der Waals surface area (Å²) in [6.07, 6.45) is 4.09. The van der Waals surface area contributed by atoms with Gasteiger partial charge in [0.2, 0.25) is 11.8 Å². The summed E-state index contributed by atoms with van der Waals surface area (Å²) in [7, 11) is 1.61. The molecule has 3 amide bonds.